The van der Waals surface area contributed by atoms with Crippen molar-refractivity contribution in [2.75, 3.05) is 0 Å². The lowest BCUT2D eigenvalue weighted by atomic mass is 10.2. The highest BCUT2D eigenvalue weighted by Crippen LogP contribution is 2.61. The van der Waals surface area contributed by atoms with Gasteiger partial charge in [0, 0.05) is 6.07 Å². The van der Waals surface area contributed by atoms with Gasteiger partial charge in [-0.05, 0) is 39.3 Å². The largest absolute Gasteiger partial charge is 0.339 e. The molecule has 0 atom stereocenters. The molecule has 0 bridgehead atoms. The van der Waals surface area contributed by atoms with Crippen LogP contribution in [-0.4, -0.2) is 9.55 Å². The number of aromatic nitrogens is 2. The summed E-state index contributed by atoms with van der Waals surface area (Å²) in [4.78, 5) is 25.4. The summed E-state index contributed by atoms with van der Waals surface area (Å²) in [6.45, 7) is 0.242. The number of hydrogen-bond donors (Lipinski definition) is 1. The van der Waals surface area contributed by atoms with Crippen LogP contribution in [0.4, 0.5) is 0 Å². The molecule has 0 amide bonds. The maximum Gasteiger partial charge on any atom is 0.339 e. The Balaban J connectivity index is 0.000000383. The van der Waals surface area contributed by atoms with Crippen LogP contribution in [0, 0.1) is 0 Å². The molecule has 0 saturated heterocycles. The van der Waals surface area contributed by atoms with Crippen molar-refractivity contribution in [3.05, 3.63) is 68.0 Å². The van der Waals surface area contributed by atoms with Crippen molar-refractivity contribution in [1.29, 1.82) is 0 Å². The summed E-state index contributed by atoms with van der Waals surface area (Å²) < 4.78 is 10.6. The summed E-state index contributed by atoms with van der Waals surface area (Å²) in [5.74, 6) is 0. The van der Waals surface area contributed by atoms with E-state index in [0.29, 0.717) is 0 Å². The Bertz CT molecular complexity index is 715. The molecule has 1 aromatic carbocycles. The van der Waals surface area contributed by atoms with Crippen molar-refractivity contribution in [2.24, 2.45) is 0 Å². The Morgan fingerprint density at radius 2 is 1.62 bits per heavy atom. The van der Waals surface area contributed by atoms with Crippen LogP contribution in [0.25, 0.3) is 0 Å². The molecule has 0 aliphatic rings. The summed E-state index contributed by atoms with van der Waals surface area (Å²) in [6.07, 6.45) is 0. The van der Waals surface area contributed by atoms with Gasteiger partial charge in [0.25, 0.3) is 5.56 Å². The molecule has 0 aliphatic carbocycles. The Kier molecular flexibility index (Phi) is 7.04. The van der Waals surface area contributed by atoms with Crippen molar-refractivity contribution in [3.63, 3.8) is 0 Å². The van der Waals surface area contributed by atoms with Gasteiger partial charge in [0.2, 0.25) is 0 Å². The predicted molar refractivity (Wildman–Crippen MR) is 87.0 cm³/mol. The zero-order valence-electron chi connectivity index (χ0n) is 10.3. The zero-order valence-corrected chi connectivity index (χ0v) is 14.2. The summed E-state index contributed by atoms with van der Waals surface area (Å²) in [5.41, 5.74) is -0.0172. The first kappa shape index (κ1) is 18.3. The van der Waals surface area contributed by atoms with Crippen LogP contribution in [0.1, 0.15) is 5.56 Å². The standard InChI is InChI=1S/C11H9ClN2O2.Cl3OP/c12-9-6-10(15)14(11(16)13-9)7-8-4-2-1-3-5-8;1-5(2,3)4/h1-6H,7H2,(H,13,16);. The van der Waals surface area contributed by atoms with Gasteiger partial charge in [-0.25, -0.2) is 4.79 Å². The second-order valence-electron chi connectivity index (χ2n) is 3.73. The van der Waals surface area contributed by atoms with Gasteiger partial charge in [-0.15, -0.1) is 0 Å². The van der Waals surface area contributed by atoms with Crippen molar-refractivity contribution in [1.82, 2.24) is 9.55 Å². The van der Waals surface area contributed by atoms with E-state index in [0.717, 1.165) is 10.1 Å². The average molecular weight is 390 g/mol. The number of nitrogens with one attached hydrogen (secondary N) is 1. The summed E-state index contributed by atoms with van der Waals surface area (Å²) in [5, 5.41) is -3.17. The molecule has 114 valence electrons. The minimum absolute atomic E-state index is 0.0549. The van der Waals surface area contributed by atoms with Gasteiger partial charge in [0.1, 0.15) is 5.15 Å². The third-order valence-corrected chi connectivity index (χ3v) is 2.37. The smallest absolute Gasteiger partial charge is 0.298 e. The van der Waals surface area contributed by atoms with Crippen LogP contribution < -0.4 is 11.2 Å². The van der Waals surface area contributed by atoms with Gasteiger partial charge in [-0.3, -0.25) is 18.9 Å². The fraction of sp³-hybridized carbons (Fsp3) is 0.0909. The normalized spacial score (nSPS) is 10.7. The molecule has 1 aromatic heterocycles. The lowest BCUT2D eigenvalue weighted by Crippen LogP contribution is -2.34. The quantitative estimate of drug-likeness (QED) is 0.622. The van der Waals surface area contributed by atoms with Crippen molar-refractivity contribution in [2.45, 2.75) is 6.54 Å². The highest BCUT2D eigenvalue weighted by molar-refractivity contribution is 8.24. The number of halogens is 4. The molecule has 5 nitrogen and oxygen atoms in total. The number of rotatable bonds is 2. The van der Waals surface area contributed by atoms with E-state index in [1.807, 2.05) is 30.3 Å². The van der Waals surface area contributed by atoms with Crippen molar-refractivity contribution in [3.8, 4) is 0 Å². The van der Waals surface area contributed by atoms with E-state index in [1.165, 1.54) is 6.07 Å². The average Bonchev–Trinajstić information content (AvgIpc) is 2.33. The molecule has 1 N–H and O–H groups in total. The minimum Gasteiger partial charge on any atom is -0.298 e. The number of hydrogen-bond acceptors (Lipinski definition) is 3. The molecular formula is C11H9Cl4N2O3P. The fourth-order valence-corrected chi connectivity index (χ4v) is 1.58. The number of H-pyrrole nitrogens is 1. The highest BCUT2D eigenvalue weighted by Gasteiger charge is 2.03. The number of nitrogens with zero attached hydrogens (tertiary/aromatic N) is 1. The molecular weight excluding hydrogens is 381 g/mol. The SMILES string of the molecule is O=P(Cl)(Cl)Cl.O=c1cc(Cl)[nH]c(=O)n1Cc1ccccc1. The number of benzene rings is 1. The van der Waals surface area contributed by atoms with Gasteiger partial charge in [-0.2, -0.15) is 0 Å². The first-order valence-corrected chi connectivity index (χ1v) is 10.2. The molecule has 0 spiro atoms. The van der Waals surface area contributed by atoms with Crippen LogP contribution in [0.15, 0.2) is 46.0 Å². The second kappa shape index (κ2) is 8.06. The molecule has 0 saturated carbocycles. The molecule has 0 radical (unpaired) electrons. The van der Waals surface area contributed by atoms with Gasteiger partial charge in [0.05, 0.1) is 6.54 Å². The van der Waals surface area contributed by atoms with Crippen LogP contribution in [0.5, 0.6) is 0 Å². The van der Waals surface area contributed by atoms with Crippen molar-refractivity contribution >= 4 is 50.5 Å². The molecule has 21 heavy (non-hydrogen) atoms. The van der Waals surface area contributed by atoms with E-state index in [2.05, 4.69) is 38.7 Å². The molecule has 2 aromatic rings. The van der Waals surface area contributed by atoms with E-state index >= 15 is 0 Å². The van der Waals surface area contributed by atoms with Gasteiger partial charge < -0.3 is 0 Å². The van der Waals surface area contributed by atoms with E-state index in [9.17, 15) is 14.2 Å². The Morgan fingerprint density at radius 3 is 2.10 bits per heavy atom. The maximum absolute atomic E-state index is 11.5. The molecule has 0 unspecified atom stereocenters. The fourth-order valence-electron chi connectivity index (χ4n) is 1.41. The maximum atomic E-state index is 11.5. The topological polar surface area (TPSA) is 71.9 Å². The molecule has 10 heteroatoms. The molecule has 0 fully saturated rings. The van der Waals surface area contributed by atoms with Gasteiger partial charge in [-0.1, -0.05) is 41.9 Å². The number of aromatic amines is 1. The van der Waals surface area contributed by atoms with Crippen LogP contribution >= 0.6 is 50.5 Å². The first-order valence-electron chi connectivity index (χ1n) is 5.39. The van der Waals surface area contributed by atoms with E-state index in [1.54, 1.807) is 0 Å². The predicted octanol–water partition coefficient (Wildman–Crippen LogP) is 4.05. The monoisotopic (exact) mass is 388 g/mol. The summed E-state index contributed by atoms with van der Waals surface area (Å²) in [7, 11) is 0. The van der Waals surface area contributed by atoms with Crippen LogP contribution in [-0.2, 0) is 11.1 Å². The third-order valence-electron chi connectivity index (χ3n) is 2.17. The highest BCUT2D eigenvalue weighted by atomic mass is 36.0. The van der Waals surface area contributed by atoms with E-state index < -0.39 is 16.4 Å². The summed E-state index contributed by atoms with van der Waals surface area (Å²) >= 11 is 19.4. The minimum atomic E-state index is -3.22. The van der Waals surface area contributed by atoms with Gasteiger partial charge in [0.15, 0.2) is 0 Å². The van der Waals surface area contributed by atoms with Crippen LogP contribution in [0.3, 0.4) is 0 Å². The summed E-state index contributed by atoms with van der Waals surface area (Å²) in [6, 6.07) is 10.5. The van der Waals surface area contributed by atoms with Crippen LogP contribution in [0.2, 0.25) is 5.15 Å². The Labute approximate surface area is 139 Å². The molecule has 0 aliphatic heterocycles. The first-order chi connectivity index (χ1) is 9.66. The Morgan fingerprint density at radius 1 is 1.10 bits per heavy atom. The molecule has 2 rings (SSSR count). The lowest BCUT2D eigenvalue weighted by Gasteiger charge is -2.03. The Hall–Kier alpha value is -0.710. The second-order valence-corrected chi connectivity index (χ2v) is 10.8. The molecule has 1 heterocycles. The van der Waals surface area contributed by atoms with Gasteiger partial charge >= 0.3 is 10.9 Å². The third kappa shape index (κ3) is 7.74. The van der Waals surface area contributed by atoms with E-state index in [4.69, 9.17) is 11.6 Å². The van der Waals surface area contributed by atoms with E-state index in [-0.39, 0.29) is 11.7 Å². The van der Waals surface area contributed by atoms with Crippen molar-refractivity contribution < 1.29 is 4.57 Å². The lowest BCUT2D eigenvalue weighted by molar-refractivity contribution is 0.600. The zero-order chi connectivity index (χ0) is 16.0.